The second-order valence-electron chi connectivity index (χ2n) is 2.44. The van der Waals surface area contributed by atoms with Crippen LogP contribution in [0.15, 0.2) is 18.2 Å². The highest BCUT2D eigenvalue weighted by atomic mass is 16.3. The topological polar surface area (TPSA) is 57.5 Å². The summed E-state index contributed by atoms with van der Waals surface area (Å²) in [5, 5.41) is 17.8. The van der Waals surface area contributed by atoms with Gasteiger partial charge in [0, 0.05) is 6.61 Å². The quantitative estimate of drug-likeness (QED) is 0.651. The molecular formula is C9H10O3. The van der Waals surface area contributed by atoms with E-state index in [1.165, 1.54) is 6.07 Å². The second kappa shape index (κ2) is 3.88. The fourth-order valence-corrected chi connectivity index (χ4v) is 1.07. The van der Waals surface area contributed by atoms with E-state index in [4.69, 9.17) is 5.11 Å². The number of phenols is 1. The van der Waals surface area contributed by atoms with Gasteiger partial charge in [0.25, 0.3) is 0 Å². The van der Waals surface area contributed by atoms with E-state index in [-0.39, 0.29) is 17.9 Å². The van der Waals surface area contributed by atoms with Gasteiger partial charge in [-0.25, -0.2) is 0 Å². The van der Waals surface area contributed by atoms with Crippen LogP contribution in [0.2, 0.25) is 0 Å². The van der Waals surface area contributed by atoms with Crippen molar-refractivity contribution in [2.75, 3.05) is 6.61 Å². The number of hydrogen-bond acceptors (Lipinski definition) is 3. The summed E-state index contributed by atoms with van der Waals surface area (Å²) in [6, 6.07) is 4.80. The number of carbonyl (C=O) groups excluding carboxylic acids is 1. The Hall–Kier alpha value is -1.35. The number of rotatable bonds is 3. The van der Waals surface area contributed by atoms with Crippen LogP contribution in [-0.4, -0.2) is 23.1 Å². The smallest absolute Gasteiger partial charge is 0.154 e. The zero-order chi connectivity index (χ0) is 8.97. The molecule has 0 atom stereocenters. The average Bonchev–Trinajstić information content (AvgIpc) is 2.05. The van der Waals surface area contributed by atoms with Crippen LogP contribution in [0, 0.1) is 0 Å². The predicted molar refractivity (Wildman–Crippen MR) is 44.3 cm³/mol. The number of aliphatic hydroxyl groups is 1. The number of hydrogen-bond donors (Lipinski definition) is 2. The summed E-state index contributed by atoms with van der Waals surface area (Å²) in [5.41, 5.74) is 0.944. The third-order valence-corrected chi connectivity index (χ3v) is 1.67. The van der Waals surface area contributed by atoms with Crippen molar-refractivity contribution in [3.05, 3.63) is 29.3 Å². The number of aromatic hydroxyl groups is 1. The Morgan fingerprint density at radius 1 is 1.42 bits per heavy atom. The summed E-state index contributed by atoms with van der Waals surface area (Å²) in [5.74, 6) is -0.0315. The molecule has 0 aromatic heterocycles. The first-order valence-electron chi connectivity index (χ1n) is 3.66. The van der Waals surface area contributed by atoms with Gasteiger partial charge >= 0.3 is 0 Å². The van der Waals surface area contributed by atoms with E-state index >= 15 is 0 Å². The molecule has 0 saturated heterocycles. The molecule has 0 radical (unpaired) electrons. The highest BCUT2D eigenvalue weighted by molar-refractivity contribution is 5.81. The largest absolute Gasteiger partial charge is 0.507 e. The summed E-state index contributed by atoms with van der Waals surface area (Å²) in [6.07, 6.45) is 0.989. The Kier molecular flexibility index (Phi) is 2.82. The zero-order valence-corrected chi connectivity index (χ0v) is 6.53. The number of aliphatic hydroxyl groups excluding tert-OH is 1. The lowest BCUT2D eigenvalue weighted by molar-refractivity contribution is 0.112. The zero-order valence-electron chi connectivity index (χ0n) is 6.53. The highest BCUT2D eigenvalue weighted by Gasteiger charge is 2.04. The van der Waals surface area contributed by atoms with Gasteiger partial charge in [-0.3, -0.25) is 4.79 Å². The molecule has 0 aliphatic carbocycles. The third-order valence-electron chi connectivity index (χ3n) is 1.67. The van der Waals surface area contributed by atoms with Crippen LogP contribution in [0.4, 0.5) is 0 Å². The van der Waals surface area contributed by atoms with Crippen LogP contribution in [0.3, 0.4) is 0 Å². The SMILES string of the molecule is O=Cc1c(O)cccc1CCO. The van der Waals surface area contributed by atoms with Crippen molar-refractivity contribution in [3.8, 4) is 5.75 Å². The fraction of sp³-hybridized carbons (Fsp3) is 0.222. The maximum atomic E-state index is 10.5. The summed E-state index contributed by atoms with van der Waals surface area (Å²) in [7, 11) is 0. The minimum atomic E-state index is -0.0315. The molecule has 0 heterocycles. The van der Waals surface area contributed by atoms with Gasteiger partial charge in [0.05, 0.1) is 5.56 Å². The minimum Gasteiger partial charge on any atom is -0.507 e. The van der Waals surface area contributed by atoms with E-state index in [2.05, 4.69) is 0 Å². The van der Waals surface area contributed by atoms with Crippen molar-refractivity contribution in [2.24, 2.45) is 0 Å². The van der Waals surface area contributed by atoms with Gasteiger partial charge in [0.15, 0.2) is 6.29 Å². The monoisotopic (exact) mass is 166 g/mol. The molecule has 1 aromatic carbocycles. The maximum absolute atomic E-state index is 10.5. The highest BCUT2D eigenvalue weighted by Crippen LogP contribution is 2.18. The first kappa shape index (κ1) is 8.74. The number of phenolic OH excluding ortho intramolecular Hbond substituents is 1. The Labute approximate surface area is 70.3 Å². The van der Waals surface area contributed by atoms with E-state index in [9.17, 15) is 9.90 Å². The molecule has 0 aliphatic heterocycles. The molecule has 0 aliphatic rings. The molecule has 1 rings (SSSR count). The molecule has 64 valence electrons. The van der Waals surface area contributed by atoms with E-state index in [0.29, 0.717) is 18.3 Å². The van der Waals surface area contributed by atoms with Crippen LogP contribution in [0.5, 0.6) is 5.75 Å². The van der Waals surface area contributed by atoms with Crippen LogP contribution < -0.4 is 0 Å². The molecule has 3 nitrogen and oxygen atoms in total. The number of aldehydes is 1. The summed E-state index contributed by atoms with van der Waals surface area (Å²) in [4.78, 5) is 10.5. The molecule has 1 aromatic rings. The summed E-state index contributed by atoms with van der Waals surface area (Å²) < 4.78 is 0. The summed E-state index contributed by atoms with van der Waals surface area (Å²) in [6.45, 7) is -0.0235. The molecule has 0 unspecified atom stereocenters. The van der Waals surface area contributed by atoms with E-state index in [1.807, 2.05) is 0 Å². The lowest BCUT2D eigenvalue weighted by Gasteiger charge is -2.03. The normalized spacial score (nSPS) is 9.75. The number of benzene rings is 1. The molecule has 0 fully saturated rings. The van der Waals surface area contributed by atoms with Crippen LogP contribution in [0.1, 0.15) is 15.9 Å². The van der Waals surface area contributed by atoms with Crippen molar-refractivity contribution >= 4 is 6.29 Å². The Balaban J connectivity index is 3.09. The fourth-order valence-electron chi connectivity index (χ4n) is 1.07. The van der Waals surface area contributed by atoms with Gasteiger partial charge < -0.3 is 10.2 Å². The lowest BCUT2D eigenvalue weighted by Crippen LogP contribution is -1.96. The van der Waals surface area contributed by atoms with Gasteiger partial charge in [-0.2, -0.15) is 0 Å². The van der Waals surface area contributed by atoms with Crippen molar-refractivity contribution in [1.82, 2.24) is 0 Å². The predicted octanol–water partition coefficient (Wildman–Crippen LogP) is 0.740. The minimum absolute atomic E-state index is 0.0235. The van der Waals surface area contributed by atoms with Crippen LogP contribution >= 0.6 is 0 Å². The van der Waals surface area contributed by atoms with Gasteiger partial charge in [-0.05, 0) is 18.1 Å². The molecule has 0 spiro atoms. The number of carbonyl (C=O) groups is 1. The lowest BCUT2D eigenvalue weighted by atomic mass is 10.1. The molecule has 2 N–H and O–H groups in total. The van der Waals surface area contributed by atoms with Crippen molar-refractivity contribution in [2.45, 2.75) is 6.42 Å². The molecular weight excluding hydrogens is 156 g/mol. The molecule has 12 heavy (non-hydrogen) atoms. The van der Waals surface area contributed by atoms with Gasteiger partial charge in [0.1, 0.15) is 5.75 Å². The Morgan fingerprint density at radius 3 is 2.75 bits per heavy atom. The van der Waals surface area contributed by atoms with E-state index in [0.717, 1.165) is 0 Å². The standard InChI is InChI=1S/C9H10O3/c10-5-4-7-2-1-3-9(12)8(7)6-11/h1-3,6,10,12H,4-5H2. The molecule has 0 bridgehead atoms. The Morgan fingerprint density at radius 2 is 2.17 bits per heavy atom. The molecule has 0 saturated carbocycles. The Bertz CT molecular complexity index is 281. The van der Waals surface area contributed by atoms with Crippen molar-refractivity contribution in [1.29, 1.82) is 0 Å². The molecule has 0 amide bonds. The van der Waals surface area contributed by atoms with Gasteiger partial charge in [-0.15, -0.1) is 0 Å². The third kappa shape index (κ3) is 1.62. The van der Waals surface area contributed by atoms with Gasteiger partial charge in [-0.1, -0.05) is 12.1 Å². The van der Waals surface area contributed by atoms with Gasteiger partial charge in [0.2, 0.25) is 0 Å². The summed E-state index contributed by atoms with van der Waals surface area (Å²) >= 11 is 0. The molecule has 3 heteroatoms. The van der Waals surface area contributed by atoms with Crippen LogP contribution in [-0.2, 0) is 6.42 Å². The van der Waals surface area contributed by atoms with E-state index < -0.39 is 0 Å². The maximum Gasteiger partial charge on any atom is 0.154 e. The van der Waals surface area contributed by atoms with Crippen molar-refractivity contribution < 1.29 is 15.0 Å². The first-order chi connectivity index (χ1) is 5.79. The first-order valence-corrected chi connectivity index (χ1v) is 3.66. The van der Waals surface area contributed by atoms with Crippen molar-refractivity contribution in [3.63, 3.8) is 0 Å². The van der Waals surface area contributed by atoms with Crippen LogP contribution in [0.25, 0.3) is 0 Å². The van der Waals surface area contributed by atoms with E-state index in [1.54, 1.807) is 12.1 Å². The average molecular weight is 166 g/mol. The second-order valence-corrected chi connectivity index (χ2v) is 2.44.